The number of nitrogens with two attached hydrogens (primary N) is 1. The maximum Gasteiger partial charge on any atom is 0.0605 e. The molecule has 2 rings (SSSR count). The number of benzene rings is 1. The molecule has 1 aliphatic rings. The van der Waals surface area contributed by atoms with Crippen LogP contribution in [0.5, 0.6) is 0 Å². The summed E-state index contributed by atoms with van der Waals surface area (Å²) in [5, 5.41) is 0. The zero-order valence-electron chi connectivity index (χ0n) is 10.9. The Kier molecular flexibility index (Phi) is 5.03. The molecule has 0 saturated carbocycles. The smallest absolute Gasteiger partial charge is 0.0605 e. The number of halogens is 1. The minimum Gasteiger partial charge on any atom is -0.381 e. The number of nitrogens with zero attached hydrogens (tertiary/aromatic N) is 1. The molecule has 18 heavy (non-hydrogen) atoms. The van der Waals surface area contributed by atoms with E-state index in [0.29, 0.717) is 12.6 Å². The van der Waals surface area contributed by atoms with E-state index >= 15 is 0 Å². The zero-order chi connectivity index (χ0) is 13.0. The third-order valence-electron chi connectivity index (χ3n) is 3.58. The van der Waals surface area contributed by atoms with Crippen molar-refractivity contribution in [2.24, 2.45) is 5.73 Å². The lowest BCUT2D eigenvalue weighted by Crippen LogP contribution is -2.37. The number of hydrogen-bond donors (Lipinski definition) is 1. The molecule has 2 N–H and O–H groups in total. The fraction of sp³-hybridized carbons (Fsp3) is 0.571. The number of anilines is 1. The standard InChI is InChI=1S/C14H21BrN2O/c1-18-13-5-8-17(9-6-13)14-10-12(15)3-2-11(14)4-7-16/h2-3,10,13H,4-9,16H2,1H3. The normalized spacial score (nSPS) is 17.2. The SMILES string of the molecule is COC1CCN(c2cc(Br)ccc2CCN)CC1. The molecule has 4 heteroatoms. The molecule has 3 nitrogen and oxygen atoms in total. The van der Waals surface area contributed by atoms with Crippen molar-refractivity contribution in [3.63, 3.8) is 0 Å². The van der Waals surface area contributed by atoms with Crippen LogP contribution in [-0.4, -0.2) is 32.8 Å². The topological polar surface area (TPSA) is 38.5 Å². The Morgan fingerprint density at radius 1 is 1.39 bits per heavy atom. The first-order valence-corrected chi connectivity index (χ1v) is 7.30. The van der Waals surface area contributed by atoms with E-state index in [9.17, 15) is 0 Å². The summed E-state index contributed by atoms with van der Waals surface area (Å²) in [4.78, 5) is 2.45. The predicted octanol–water partition coefficient (Wildman–Crippen LogP) is 2.57. The van der Waals surface area contributed by atoms with Gasteiger partial charge in [-0.05, 0) is 43.5 Å². The second kappa shape index (κ2) is 6.55. The van der Waals surface area contributed by atoms with E-state index in [1.165, 1.54) is 11.3 Å². The summed E-state index contributed by atoms with van der Waals surface area (Å²) in [6.07, 6.45) is 3.56. The van der Waals surface area contributed by atoms with E-state index in [2.05, 4.69) is 39.0 Å². The summed E-state index contributed by atoms with van der Waals surface area (Å²) in [5.41, 5.74) is 8.36. The van der Waals surface area contributed by atoms with Gasteiger partial charge in [0.15, 0.2) is 0 Å². The van der Waals surface area contributed by atoms with Crippen molar-refractivity contribution in [3.05, 3.63) is 28.2 Å². The Balaban J connectivity index is 2.14. The van der Waals surface area contributed by atoms with Crippen LogP contribution in [0.1, 0.15) is 18.4 Å². The van der Waals surface area contributed by atoms with E-state index in [4.69, 9.17) is 10.5 Å². The Labute approximate surface area is 117 Å². The van der Waals surface area contributed by atoms with Crippen LogP contribution in [0.4, 0.5) is 5.69 Å². The molecule has 100 valence electrons. The van der Waals surface area contributed by atoms with Gasteiger partial charge in [0.25, 0.3) is 0 Å². The number of piperidine rings is 1. The van der Waals surface area contributed by atoms with Gasteiger partial charge in [0.05, 0.1) is 6.10 Å². The van der Waals surface area contributed by atoms with E-state index in [-0.39, 0.29) is 0 Å². The van der Waals surface area contributed by atoms with Gasteiger partial charge in [-0.2, -0.15) is 0 Å². The molecule has 0 unspecified atom stereocenters. The summed E-state index contributed by atoms with van der Waals surface area (Å²) in [6, 6.07) is 6.48. The first-order valence-electron chi connectivity index (χ1n) is 6.51. The fourth-order valence-corrected chi connectivity index (χ4v) is 2.88. The van der Waals surface area contributed by atoms with Crippen molar-refractivity contribution in [1.29, 1.82) is 0 Å². The van der Waals surface area contributed by atoms with Gasteiger partial charge in [0, 0.05) is 30.4 Å². The Hall–Kier alpha value is -0.580. The van der Waals surface area contributed by atoms with Gasteiger partial charge >= 0.3 is 0 Å². The van der Waals surface area contributed by atoms with Crippen LogP contribution in [0.25, 0.3) is 0 Å². The second-order valence-corrected chi connectivity index (χ2v) is 5.65. The average molecular weight is 313 g/mol. The molecule has 1 aromatic rings. The third kappa shape index (κ3) is 3.25. The van der Waals surface area contributed by atoms with Crippen molar-refractivity contribution in [3.8, 4) is 0 Å². The molecule has 0 aromatic heterocycles. The second-order valence-electron chi connectivity index (χ2n) is 4.73. The highest BCUT2D eigenvalue weighted by atomic mass is 79.9. The summed E-state index contributed by atoms with van der Waals surface area (Å²) >= 11 is 3.56. The summed E-state index contributed by atoms with van der Waals surface area (Å²) in [5.74, 6) is 0. The molecular formula is C14H21BrN2O. The van der Waals surface area contributed by atoms with Crippen LogP contribution >= 0.6 is 15.9 Å². The molecule has 1 saturated heterocycles. The van der Waals surface area contributed by atoms with Gasteiger partial charge in [-0.1, -0.05) is 22.0 Å². The first-order chi connectivity index (χ1) is 8.74. The van der Waals surface area contributed by atoms with Crippen molar-refractivity contribution in [2.75, 3.05) is 31.6 Å². The molecule has 1 heterocycles. The van der Waals surface area contributed by atoms with Gasteiger partial charge in [-0.3, -0.25) is 0 Å². The molecule has 0 aliphatic carbocycles. The number of hydrogen-bond acceptors (Lipinski definition) is 3. The monoisotopic (exact) mass is 312 g/mol. The molecule has 0 spiro atoms. The predicted molar refractivity (Wildman–Crippen MR) is 79.1 cm³/mol. The Morgan fingerprint density at radius 3 is 2.72 bits per heavy atom. The molecular weight excluding hydrogens is 292 g/mol. The Bertz CT molecular complexity index is 389. The highest BCUT2D eigenvalue weighted by Crippen LogP contribution is 2.28. The van der Waals surface area contributed by atoms with Crippen molar-refractivity contribution in [1.82, 2.24) is 0 Å². The third-order valence-corrected chi connectivity index (χ3v) is 4.07. The van der Waals surface area contributed by atoms with E-state index in [1.807, 2.05) is 0 Å². The lowest BCUT2D eigenvalue weighted by molar-refractivity contribution is 0.0819. The van der Waals surface area contributed by atoms with Crippen LogP contribution in [0, 0.1) is 0 Å². The van der Waals surface area contributed by atoms with E-state index < -0.39 is 0 Å². The molecule has 0 atom stereocenters. The number of ether oxygens (including phenoxy) is 1. The highest BCUT2D eigenvalue weighted by molar-refractivity contribution is 9.10. The minimum absolute atomic E-state index is 0.423. The van der Waals surface area contributed by atoms with E-state index in [0.717, 1.165) is 36.8 Å². The van der Waals surface area contributed by atoms with Gasteiger partial charge in [0.2, 0.25) is 0 Å². The average Bonchev–Trinajstić information content (AvgIpc) is 2.41. The molecule has 1 fully saturated rings. The van der Waals surface area contributed by atoms with Gasteiger partial charge in [-0.15, -0.1) is 0 Å². The van der Waals surface area contributed by atoms with Crippen LogP contribution < -0.4 is 10.6 Å². The molecule has 0 amide bonds. The summed E-state index contributed by atoms with van der Waals surface area (Å²) in [6.45, 7) is 2.82. The quantitative estimate of drug-likeness (QED) is 0.928. The highest BCUT2D eigenvalue weighted by Gasteiger charge is 2.20. The molecule has 0 radical (unpaired) electrons. The van der Waals surface area contributed by atoms with Gasteiger partial charge in [0.1, 0.15) is 0 Å². The lowest BCUT2D eigenvalue weighted by atomic mass is 10.0. The minimum atomic E-state index is 0.423. The van der Waals surface area contributed by atoms with Crippen LogP contribution in [0.2, 0.25) is 0 Å². The zero-order valence-corrected chi connectivity index (χ0v) is 12.4. The van der Waals surface area contributed by atoms with E-state index in [1.54, 1.807) is 7.11 Å². The fourth-order valence-electron chi connectivity index (χ4n) is 2.53. The summed E-state index contributed by atoms with van der Waals surface area (Å²) < 4.78 is 6.55. The van der Waals surface area contributed by atoms with Crippen LogP contribution in [0.15, 0.2) is 22.7 Å². The molecule has 1 aliphatic heterocycles. The summed E-state index contributed by atoms with van der Waals surface area (Å²) in [7, 11) is 1.80. The number of rotatable bonds is 4. The van der Waals surface area contributed by atoms with Crippen molar-refractivity contribution in [2.45, 2.75) is 25.4 Å². The maximum atomic E-state index is 5.69. The largest absolute Gasteiger partial charge is 0.381 e. The van der Waals surface area contributed by atoms with Gasteiger partial charge < -0.3 is 15.4 Å². The van der Waals surface area contributed by atoms with Crippen LogP contribution in [0.3, 0.4) is 0 Å². The molecule has 1 aromatic carbocycles. The number of methoxy groups -OCH3 is 1. The Morgan fingerprint density at radius 2 is 2.11 bits per heavy atom. The van der Waals surface area contributed by atoms with Crippen molar-refractivity contribution >= 4 is 21.6 Å². The lowest BCUT2D eigenvalue weighted by Gasteiger charge is -2.34. The van der Waals surface area contributed by atoms with Crippen LogP contribution in [-0.2, 0) is 11.2 Å². The van der Waals surface area contributed by atoms with Crippen molar-refractivity contribution < 1.29 is 4.74 Å². The molecule has 0 bridgehead atoms. The first kappa shape index (κ1) is 13.8. The van der Waals surface area contributed by atoms with Gasteiger partial charge in [-0.25, -0.2) is 0 Å². The maximum absolute atomic E-state index is 5.69.